The highest BCUT2D eigenvalue weighted by molar-refractivity contribution is 5.73. The molecule has 1 aromatic rings. The lowest BCUT2D eigenvalue weighted by molar-refractivity contribution is -0.140. The fourth-order valence-corrected chi connectivity index (χ4v) is 1.66. The zero-order valence-electron chi connectivity index (χ0n) is 9.97. The molecule has 3 heteroatoms. The molecule has 0 saturated carbocycles. The summed E-state index contributed by atoms with van der Waals surface area (Å²) in [6, 6.07) is 9.40. The van der Waals surface area contributed by atoms with Gasteiger partial charge < -0.3 is 5.11 Å². The Bertz CT molecular complexity index is 335. The van der Waals surface area contributed by atoms with E-state index in [1.165, 1.54) is 0 Å². The second kappa shape index (κ2) is 5.66. The number of benzene rings is 1. The first kappa shape index (κ1) is 12.7. The monoisotopic (exact) mass is 221 g/mol. The molecule has 0 heterocycles. The Hall–Kier alpha value is -1.35. The SMILES string of the molecule is CC(NC(C(=O)O)C(C)C)c1ccccc1. The van der Waals surface area contributed by atoms with Gasteiger partial charge >= 0.3 is 5.97 Å². The van der Waals surface area contributed by atoms with Gasteiger partial charge in [-0.05, 0) is 18.4 Å². The molecule has 0 aromatic heterocycles. The standard InChI is InChI=1S/C13H19NO2/c1-9(2)12(13(15)16)14-10(3)11-7-5-4-6-8-11/h4-10,12,14H,1-3H3,(H,15,16). The summed E-state index contributed by atoms with van der Waals surface area (Å²) in [7, 11) is 0. The Morgan fingerprint density at radius 1 is 1.19 bits per heavy atom. The normalized spacial score (nSPS) is 14.8. The van der Waals surface area contributed by atoms with Crippen molar-refractivity contribution in [3.05, 3.63) is 35.9 Å². The third-order valence-corrected chi connectivity index (χ3v) is 2.66. The number of nitrogens with one attached hydrogen (secondary N) is 1. The lowest BCUT2D eigenvalue weighted by atomic mass is 10.0. The van der Waals surface area contributed by atoms with E-state index in [1.54, 1.807) is 0 Å². The van der Waals surface area contributed by atoms with Gasteiger partial charge in [0.05, 0.1) is 0 Å². The summed E-state index contributed by atoms with van der Waals surface area (Å²) in [4.78, 5) is 11.0. The van der Waals surface area contributed by atoms with Crippen molar-refractivity contribution in [1.29, 1.82) is 0 Å². The Balaban J connectivity index is 2.69. The minimum absolute atomic E-state index is 0.0460. The molecule has 0 aliphatic heterocycles. The van der Waals surface area contributed by atoms with Crippen LogP contribution < -0.4 is 5.32 Å². The van der Waals surface area contributed by atoms with Crippen LogP contribution in [0.3, 0.4) is 0 Å². The van der Waals surface area contributed by atoms with Crippen LogP contribution in [-0.2, 0) is 4.79 Å². The van der Waals surface area contributed by atoms with Crippen LogP contribution in [0.2, 0.25) is 0 Å². The van der Waals surface area contributed by atoms with E-state index >= 15 is 0 Å². The van der Waals surface area contributed by atoms with Gasteiger partial charge in [-0.25, -0.2) is 0 Å². The van der Waals surface area contributed by atoms with Gasteiger partial charge in [0.25, 0.3) is 0 Å². The summed E-state index contributed by atoms with van der Waals surface area (Å²) in [6.45, 7) is 5.79. The molecule has 2 atom stereocenters. The third-order valence-electron chi connectivity index (χ3n) is 2.66. The predicted octanol–water partition coefficient (Wildman–Crippen LogP) is 2.45. The first-order chi connectivity index (χ1) is 7.52. The van der Waals surface area contributed by atoms with Gasteiger partial charge in [0.2, 0.25) is 0 Å². The zero-order valence-corrected chi connectivity index (χ0v) is 9.97. The van der Waals surface area contributed by atoms with E-state index in [1.807, 2.05) is 51.1 Å². The fourth-order valence-electron chi connectivity index (χ4n) is 1.66. The van der Waals surface area contributed by atoms with Crippen molar-refractivity contribution in [3.8, 4) is 0 Å². The topological polar surface area (TPSA) is 49.3 Å². The lowest BCUT2D eigenvalue weighted by Gasteiger charge is -2.23. The molecule has 2 N–H and O–H groups in total. The molecule has 0 spiro atoms. The summed E-state index contributed by atoms with van der Waals surface area (Å²) in [5, 5.41) is 12.2. The van der Waals surface area contributed by atoms with Crippen LogP contribution in [0, 0.1) is 5.92 Å². The molecular weight excluding hydrogens is 202 g/mol. The average Bonchev–Trinajstić information content (AvgIpc) is 2.25. The van der Waals surface area contributed by atoms with Gasteiger partial charge in [-0.1, -0.05) is 44.2 Å². The molecule has 2 unspecified atom stereocenters. The van der Waals surface area contributed by atoms with Gasteiger partial charge in [-0.3, -0.25) is 10.1 Å². The summed E-state index contributed by atoms with van der Waals surface area (Å²) in [5.74, 6) is -0.721. The van der Waals surface area contributed by atoms with Crippen LogP contribution in [0.1, 0.15) is 32.4 Å². The number of hydrogen-bond acceptors (Lipinski definition) is 2. The number of rotatable bonds is 5. The third kappa shape index (κ3) is 3.35. The van der Waals surface area contributed by atoms with Crippen LogP contribution in [-0.4, -0.2) is 17.1 Å². The van der Waals surface area contributed by atoms with Gasteiger partial charge in [-0.15, -0.1) is 0 Å². The van der Waals surface area contributed by atoms with E-state index in [0.29, 0.717) is 0 Å². The van der Waals surface area contributed by atoms with Crippen LogP contribution in [0.4, 0.5) is 0 Å². The minimum Gasteiger partial charge on any atom is -0.480 e. The second-order valence-corrected chi connectivity index (χ2v) is 4.36. The fraction of sp³-hybridized carbons (Fsp3) is 0.462. The Morgan fingerprint density at radius 2 is 1.75 bits per heavy atom. The number of carboxylic acid groups (broad SMARTS) is 1. The summed E-state index contributed by atoms with van der Waals surface area (Å²) in [5.41, 5.74) is 1.11. The van der Waals surface area contributed by atoms with E-state index in [-0.39, 0.29) is 12.0 Å². The number of aliphatic carboxylic acids is 1. The first-order valence-corrected chi connectivity index (χ1v) is 5.56. The molecule has 88 valence electrons. The van der Waals surface area contributed by atoms with E-state index in [9.17, 15) is 4.79 Å². The molecule has 0 aliphatic rings. The van der Waals surface area contributed by atoms with E-state index in [4.69, 9.17) is 5.11 Å². The number of carboxylic acids is 1. The highest BCUT2D eigenvalue weighted by Crippen LogP contribution is 2.14. The van der Waals surface area contributed by atoms with Crippen molar-refractivity contribution < 1.29 is 9.90 Å². The molecule has 3 nitrogen and oxygen atoms in total. The van der Waals surface area contributed by atoms with Crippen molar-refractivity contribution in [2.24, 2.45) is 5.92 Å². The zero-order chi connectivity index (χ0) is 12.1. The number of hydrogen-bond donors (Lipinski definition) is 2. The molecule has 0 aliphatic carbocycles. The quantitative estimate of drug-likeness (QED) is 0.803. The Kier molecular flexibility index (Phi) is 4.50. The van der Waals surface area contributed by atoms with Crippen molar-refractivity contribution in [2.45, 2.75) is 32.9 Å². The molecule has 0 amide bonds. The van der Waals surface area contributed by atoms with Crippen LogP contribution >= 0.6 is 0 Å². The Morgan fingerprint density at radius 3 is 2.19 bits per heavy atom. The maximum Gasteiger partial charge on any atom is 0.320 e. The highest BCUT2D eigenvalue weighted by atomic mass is 16.4. The summed E-state index contributed by atoms with van der Waals surface area (Å²) < 4.78 is 0. The summed E-state index contributed by atoms with van der Waals surface area (Å²) in [6.07, 6.45) is 0. The lowest BCUT2D eigenvalue weighted by Crippen LogP contribution is -2.42. The molecule has 16 heavy (non-hydrogen) atoms. The molecule has 1 rings (SSSR count). The first-order valence-electron chi connectivity index (χ1n) is 5.56. The molecule has 0 radical (unpaired) electrons. The minimum atomic E-state index is -0.794. The molecular formula is C13H19NO2. The van der Waals surface area contributed by atoms with Gasteiger partial charge in [0, 0.05) is 6.04 Å². The molecule has 0 saturated heterocycles. The maximum absolute atomic E-state index is 11.0. The van der Waals surface area contributed by atoms with Gasteiger partial charge in [-0.2, -0.15) is 0 Å². The van der Waals surface area contributed by atoms with Crippen LogP contribution in [0.25, 0.3) is 0 Å². The molecule has 0 fully saturated rings. The van der Waals surface area contributed by atoms with Crippen molar-refractivity contribution in [3.63, 3.8) is 0 Å². The maximum atomic E-state index is 11.0. The van der Waals surface area contributed by atoms with Crippen LogP contribution in [0.5, 0.6) is 0 Å². The van der Waals surface area contributed by atoms with Crippen molar-refractivity contribution in [2.75, 3.05) is 0 Å². The molecule has 0 bridgehead atoms. The summed E-state index contributed by atoms with van der Waals surface area (Å²) >= 11 is 0. The van der Waals surface area contributed by atoms with E-state index in [0.717, 1.165) is 5.56 Å². The number of carbonyl (C=O) groups is 1. The predicted molar refractivity (Wildman–Crippen MR) is 64.3 cm³/mol. The van der Waals surface area contributed by atoms with Crippen molar-refractivity contribution >= 4 is 5.97 Å². The average molecular weight is 221 g/mol. The molecule has 1 aromatic carbocycles. The second-order valence-electron chi connectivity index (χ2n) is 4.36. The largest absolute Gasteiger partial charge is 0.480 e. The van der Waals surface area contributed by atoms with Crippen molar-refractivity contribution in [1.82, 2.24) is 5.32 Å². The highest BCUT2D eigenvalue weighted by Gasteiger charge is 2.23. The van der Waals surface area contributed by atoms with Gasteiger partial charge in [0.1, 0.15) is 6.04 Å². The van der Waals surface area contributed by atoms with Crippen LogP contribution in [0.15, 0.2) is 30.3 Å². The van der Waals surface area contributed by atoms with E-state index in [2.05, 4.69) is 5.32 Å². The van der Waals surface area contributed by atoms with E-state index < -0.39 is 12.0 Å². The Labute approximate surface area is 96.5 Å². The van der Waals surface area contributed by atoms with Gasteiger partial charge in [0.15, 0.2) is 0 Å². The smallest absolute Gasteiger partial charge is 0.320 e.